The molecule has 0 aliphatic heterocycles. The van der Waals surface area contributed by atoms with E-state index in [1.54, 1.807) is 23.7 Å². The predicted octanol–water partition coefficient (Wildman–Crippen LogP) is 4.24. The number of aromatic nitrogens is 3. The van der Waals surface area contributed by atoms with Gasteiger partial charge in [0.25, 0.3) is 0 Å². The van der Waals surface area contributed by atoms with Crippen LogP contribution in [0.25, 0.3) is 21.5 Å². The number of fused-ring (bicyclic) bond motifs is 1. The van der Waals surface area contributed by atoms with E-state index in [-0.39, 0.29) is 5.91 Å². The highest BCUT2D eigenvalue weighted by atomic mass is 35.5. The van der Waals surface area contributed by atoms with Crippen LogP contribution in [0.5, 0.6) is 0 Å². The number of pyridine rings is 1. The summed E-state index contributed by atoms with van der Waals surface area (Å²) >= 11 is 7.66. The lowest BCUT2D eigenvalue weighted by Gasteiger charge is -2.04. The number of carbonyl (C=O) groups excluding carboxylic acids is 1. The molecule has 0 unspecified atom stereocenters. The van der Waals surface area contributed by atoms with Crippen LogP contribution in [0.4, 0.5) is 0 Å². The van der Waals surface area contributed by atoms with Crippen LogP contribution in [-0.4, -0.2) is 27.4 Å². The van der Waals surface area contributed by atoms with E-state index in [0.29, 0.717) is 24.4 Å². The fourth-order valence-corrected chi connectivity index (χ4v) is 3.94. The highest BCUT2D eigenvalue weighted by Crippen LogP contribution is 2.24. The molecule has 3 heterocycles. The summed E-state index contributed by atoms with van der Waals surface area (Å²) in [5.74, 6) is -0.0135. The van der Waals surface area contributed by atoms with Gasteiger partial charge in [-0.3, -0.25) is 9.78 Å². The van der Waals surface area contributed by atoms with Gasteiger partial charge < -0.3 is 10.3 Å². The molecule has 2 N–H and O–H groups in total. The SMILES string of the molecule is O=C(Cc1c[nH]c2ccc(Cl)cc12)NCCc1csc(-c2ccncc2)n1. The zero-order chi connectivity index (χ0) is 18.6. The molecule has 0 fully saturated rings. The van der Waals surface area contributed by atoms with Gasteiger partial charge >= 0.3 is 0 Å². The number of benzene rings is 1. The number of H-pyrrole nitrogens is 1. The summed E-state index contributed by atoms with van der Waals surface area (Å²) in [6.45, 7) is 0.557. The molecule has 1 aromatic carbocycles. The molecule has 1 amide bonds. The van der Waals surface area contributed by atoms with E-state index in [2.05, 4.69) is 20.3 Å². The summed E-state index contributed by atoms with van der Waals surface area (Å²) in [6.07, 6.45) is 6.40. The van der Waals surface area contributed by atoms with Crippen molar-refractivity contribution in [3.8, 4) is 10.6 Å². The van der Waals surface area contributed by atoms with Gasteiger partial charge in [-0.1, -0.05) is 11.6 Å². The first-order valence-electron chi connectivity index (χ1n) is 8.56. The maximum absolute atomic E-state index is 12.3. The molecule has 4 rings (SSSR count). The van der Waals surface area contributed by atoms with Crippen LogP contribution in [0, 0.1) is 0 Å². The van der Waals surface area contributed by atoms with Crippen LogP contribution < -0.4 is 5.32 Å². The van der Waals surface area contributed by atoms with Crippen molar-refractivity contribution in [1.82, 2.24) is 20.3 Å². The molecule has 0 saturated carbocycles. The molecule has 0 bridgehead atoms. The van der Waals surface area contributed by atoms with Crippen LogP contribution in [0.3, 0.4) is 0 Å². The zero-order valence-electron chi connectivity index (χ0n) is 14.4. The van der Waals surface area contributed by atoms with Gasteiger partial charge in [-0.15, -0.1) is 11.3 Å². The van der Waals surface area contributed by atoms with Gasteiger partial charge in [-0.25, -0.2) is 4.98 Å². The van der Waals surface area contributed by atoms with Crippen LogP contribution >= 0.6 is 22.9 Å². The van der Waals surface area contributed by atoms with Crippen molar-refractivity contribution in [1.29, 1.82) is 0 Å². The molecular weight excluding hydrogens is 380 g/mol. The molecule has 5 nitrogen and oxygen atoms in total. The lowest BCUT2D eigenvalue weighted by atomic mass is 10.1. The third-order valence-corrected chi connectivity index (χ3v) is 5.44. The standard InChI is InChI=1S/C20H17ClN4OS/c21-15-1-2-18-17(10-15)14(11-24-18)9-19(26)23-8-5-16-12-27-20(25-16)13-3-6-22-7-4-13/h1-4,6-7,10-12,24H,5,8-9H2,(H,23,26). The molecule has 136 valence electrons. The smallest absolute Gasteiger partial charge is 0.224 e. The molecule has 0 radical (unpaired) electrons. The number of hydrogen-bond acceptors (Lipinski definition) is 4. The Morgan fingerprint density at radius 2 is 2.07 bits per heavy atom. The first-order chi connectivity index (χ1) is 13.2. The van der Waals surface area contributed by atoms with Crippen molar-refractivity contribution >= 4 is 39.7 Å². The van der Waals surface area contributed by atoms with Crippen LogP contribution in [-0.2, 0) is 17.6 Å². The average molecular weight is 397 g/mol. The van der Waals surface area contributed by atoms with Gasteiger partial charge in [-0.05, 0) is 35.9 Å². The summed E-state index contributed by atoms with van der Waals surface area (Å²) in [6, 6.07) is 9.52. The molecule has 0 saturated heterocycles. The minimum Gasteiger partial charge on any atom is -0.361 e. The molecule has 0 aliphatic rings. The molecule has 0 aliphatic carbocycles. The normalized spacial score (nSPS) is 11.0. The third kappa shape index (κ3) is 4.18. The Balaban J connectivity index is 1.32. The predicted molar refractivity (Wildman–Crippen MR) is 109 cm³/mol. The lowest BCUT2D eigenvalue weighted by molar-refractivity contribution is -0.120. The van der Waals surface area contributed by atoms with Crippen molar-refractivity contribution in [3.63, 3.8) is 0 Å². The van der Waals surface area contributed by atoms with E-state index in [9.17, 15) is 4.79 Å². The second-order valence-corrected chi connectivity index (χ2v) is 7.45. The Bertz CT molecular complexity index is 1070. The minimum atomic E-state index is -0.0135. The lowest BCUT2D eigenvalue weighted by Crippen LogP contribution is -2.27. The van der Waals surface area contributed by atoms with E-state index >= 15 is 0 Å². The Hall–Kier alpha value is -2.70. The number of halogens is 1. The highest BCUT2D eigenvalue weighted by molar-refractivity contribution is 7.13. The molecular formula is C20H17ClN4OS. The summed E-state index contributed by atoms with van der Waals surface area (Å²) < 4.78 is 0. The van der Waals surface area contributed by atoms with Crippen LogP contribution in [0.1, 0.15) is 11.3 Å². The van der Waals surface area contributed by atoms with Gasteiger partial charge in [0, 0.05) is 58.4 Å². The number of carbonyl (C=O) groups is 1. The van der Waals surface area contributed by atoms with Crippen molar-refractivity contribution in [2.24, 2.45) is 0 Å². The quantitative estimate of drug-likeness (QED) is 0.512. The Morgan fingerprint density at radius 1 is 1.22 bits per heavy atom. The van der Waals surface area contributed by atoms with E-state index in [1.165, 1.54) is 0 Å². The average Bonchev–Trinajstić information content (AvgIpc) is 3.30. The second kappa shape index (κ2) is 7.90. The third-order valence-electron chi connectivity index (χ3n) is 4.26. The second-order valence-electron chi connectivity index (χ2n) is 6.16. The first kappa shape index (κ1) is 17.7. The summed E-state index contributed by atoms with van der Waals surface area (Å²) in [5.41, 5.74) is 3.96. The Morgan fingerprint density at radius 3 is 2.93 bits per heavy atom. The molecule has 27 heavy (non-hydrogen) atoms. The number of aromatic amines is 1. The number of rotatable bonds is 6. The van der Waals surface area contributed by atoms with E-state index < -0.39 is 0 Å². The van der Waals surface area contributed by atoms with Gasteiger partial charge in [0.1, 0.15) is 5.01 Å². The van der Waals surface area contributed by atoms with Crippen molar-refractivity contribution in [2.75, 3.05) is 6.54 Å². The molecule has 0 spiro atoms. The van der Waals surface area contributed by atoms with E-state index in [4.69, 9.17) is 11.6 Å². The number of hydrogen-bond donors (Lipinski definition) is 2. The first-order valence-corrected chi connectivity index (χ1v) is 9.82. The largest absolute Gasteiger partial charge is 0.361 e. The van der Waals surface area contributed by atoms with Gasteiger partial charge in [0.2, 0.25) is 5.91 Å². The zero-order valence-corrected chi connectivity index (χ0v) is 16.0. The fourth-order valence-electron chi connectivity index (χ4n) is 2.91. The van der Waals surface area contributed by atoms with E-state index in [0.717, 1.165) is 32.7 Å². The topological polar surface area (TPSA) is 70.7 Å². The maximum Gasteiger partial charge on any atom is 0.224 e. The summed E-state index contributed by atoms with van der Waals surface area (Å²) in [4.78, 5) is 24.1. The highest BCUT2D eigenvalue weighted by Gasteiger charge is 2.10. The van der Waals surface area contributed by atoms with Crippen molar-refractivity contribution in [2.45, 2.75) is 12.8 Å². The molecule has 0 atom stereocenters. The minimum absolute atomic E-state index is 0.0135. The number of amides is 1. The maximum atomic E-state index is 12.3. The number of nitrogens with one attached hydrogen (secondary N) is 2. The number of thiazole rings is 1. The number of nitrogens with zero attached hydrogens (tertiary/aromatic N) is 2. The van der Waals surface area contributed by atoms with Crippen molar-refractivity contribution < 1.29 is 4.79 Å². The Kier molecular flexibility index (Phi) is 5.18. The molecule has 3 aromatic heterocycles. The van der Waals surface area contributed by atoms with Gasteiger partial charge in [0.05, 0.1) is 12.1 Å². The van der Waals surface area contributed by atoms with Gasteiger partial charge in [0.15, 0.2) is 0 Å². The monoisotopic (exact) mass is 396 g/mol. The summed E-state index contributed by atoms with van der Waals surface area (Å²) in [5, 5.41) is 7.61. The van der Waals surface area contributed by atoms with Crippen molar-refractivity contribution in [3.05, 3.63) is 70.6 Å². The van der Waals surface area contributed by atoms with Crippen LogP contribution in [0.2, 0.25) is 5.02 Å². The summed E-state index contributed by atoms with van der Waals surface area (Å²) in [7, 11) is 0. The van der Waals surface area contributed by atoms with Crippen LogP contribution in [0.15, 0.2) is 54.3 Å². The molecule has 4 aromatic rings. The Labute approximate surface area is 165 Å². The van der Waals surface area contributed by atoms with E-state index in [1.807, 2.05) is 41.9 Å². The fraction of sp³-hybridized carbons (Fsp3) is 0.150. The van der Waals surface area contributed by atoms with Gasteiger partial charge in [-0.2, -0.15) is 0 Å². The molecule has 7 heteroatoms.